The van der Waals surface area contributed by atoms with Gasteiger partial charge in [-0.05, 0) is 12.5 Å². The molecule has 0 unspecified atom stereocenters. The first-order chi connectivity index (χ1) is 7.77. The van der Waals surface area contributed by atoms with Crippen molar-refractivity contribution in [2.24, 2.45) is 0 Å². The van der Waals surface area contributed by atoms with E-state index in [2.05, 4.69) is 20.3 Å². The van der Waals surface area contributed by atoms with Gasteiger partial charge in [0.1, 0.15) is 17.8 Å². The van der Waals surface area contributed by atoms with Crippen LogP contribution in [0.1, 0.15) is 12.8 Å². The molecule has 2 heterocycles. The fourth-order valence-electron chi connectivity index (χ4n) is 1.46. The lowest BCUT2D eigenvalue weighted by atomic mass is 10.3. The Morgan fingerprint density at radius 2 is 2.38 bits per heavy atom. The van der Waals surface area contributed by atoms with E-state index in [0.29, 0.717) is 13.0 Å². The van der Waals surface area contributed by atoms with Crippen LogP contribution in [0.3, 0.4) is 0 Å². The summed E-state index contributed by atoms with van der Waals surface area (Å²) in [4.78, 5) is 21.5. The highest BCUT2D eigenvalue weighted by molar-refractivity contribution is 5.86. The van der Waals surface area contributed by atoms with Crippen LogP contribution < -0.4 is 5.32 Å². The van der Waals surface area contributed by atoms with Gasteiger partial charge in [-0.2, -0.15) is 0 Å². The number of nitrogens with zero attached hydrogens (tertiary/aromatic N) is 2. The van der Waals surface area contributed by atoms with Gasteiger partial charge in [0.25, 0.3) is 0 Å². The van der Waals surface area contributed by atoms with E-state index in [1.165, 1.54) is 6.33 Å². The largest absolute Gasteiger partial charge is 0.481 e. The maximum absolute atomic E-state index is 10.3. The van der Waals surface area contributed by atoms with Gasteiger partial charge in [0, 0.05) is 19.2 Å². The Hall–Kier alpha value is -2.11. The summed E-state index contributed by atoms with van der Waals surface area (Å²) in [5.41, 5.74) is 0.774. The van der Waals surface area contributed by atoms with Crippen molar-refractivity contribution in [3.63, 3.8) is 0 Å². The second-order valence-electron chi connectivity index (χ2n) is 3.39. The van der Waals surface area contributed by atoms with Crippen molar-refractivity contribution in [3.05, 3.63) is 18.6 Å². The number of aromatic nitrogens is 3. The number of H-pyrrole nitrogens is 1. The third kappa shape index (κ3) is 2.28. The quantitative estimate of drug-likeness (QED) is 0.659. The molecule has 6 heteroatoms. The van der Waals surface area contributed by atoms with E-state index in [4.69, 9.17) is 5.11 Å². The van der Waals surface area contributed by atoms with E-state index in [1.807, 2.05) is 6.07 Å². The maximum atomic E-state index is 10.3. The summed E-state index contributed by atoms with van der Waals surface area (Å²) in [6.45, 7) is 0.587. The second-order valence-corrected chi connectivity index (χ2v) is 3.39. The molecule has 0 saturated heterocycles. The van der Waals surface area contributed by atoms with E-state index in [-0.39, 0.29) is 6.42 Å². The molecule has 0 aliphatic heterocycles. The molecule has 0 amide bonds. The molecule has 2 aromatic rings. The molecule has 16 heavy (non-hydrogen) atoms. The Balaban J connectivity index is 1.98. The standard InChI is InChI=1S/C10H12N4O2/c15-8(16)2-1-4-11-9-7-3-5-12-10(7)14-6-13-9/h3,5-6H,1-2,4H2,(H,15,16)(H2,11,12,13,14). The highest BCUT2D eigenvalue weighted by Crippen LogP contribution is 2.17. The number of anilines is 1. The summed E-state index contributed by atoms with van der Waals surface area (Å²) in [5.74, 6) is -0.0482. The average Bonchev–Trinajstić information content (AvgIpc) is 2.72. The van der Waals surface area contributed by atoms with E-state index in [0.717, 1.165) is 16.9 Å². The molecule has 6 nitrogen and oxygen atoms in total. The molecular formula is C10H12N4O2. The van der Waals surface area contributed by atoms with Crippen LogP contribution in [-0.2, 0) is 4.79 Å². The van der Waals surface area contributed by atoms with Crippen LogP contribution in [0.15, 0.2) is 18.6 Å². The van der Waals surface area contributed by atoms with Gasteiger partial charge in [0.15, 0.2) is 0 Å². The minimum Gasteiger partial charge on any atom is -0.481 e. The lowest BCUT2D eigenvalue weighted by Crippen LogP contribution is -2.06. The van der Waals surface area contributed by atoms with Crippen LogP contribution >= 0.6 is 0 Å². The number of carboxylic acids is 1. The Morgan fingerprint density at radius 3 is 3.19 bits per heavy atom. The predicted octanol–water partition coefficient (Wildman–Crippen LogP) is 1.23. The average molecular weight is 220 g/mol. The van der Waals surface area contributed by atoms with Gasteiger partial charge >= 0.3 is 5.97 Å². The van der Waals surface area contributed by atoms with E-state index in [9.17, 15) is 4.79 Å². The minimum absolute atomic E-state index is 0.161. The summed E-state index contributed by atoms with van der Waals surface area (Å²) in [6, 6.07) is 1.88. The SMILES string of the molecule is O=C(O)CCCNc1ncnc2[nH]ccc12. The van der Waals surface area contributed by atoms with Gasteiger partial charge in [-0.3, -0.25) is 4.79 Å². The summed E-state index contributed by atoms with van der Waals surface area (Å²) < 4.78 is 0. The van der Waals surface area contributed by atoms with Crippen molar-refractivity contribution >= 4 is 22.8 Å². The number of hydrogen-bond donors (Lipinski definition) is 3. The summed E-state index contributed by atoms with van der Waals surface area (Å²) in [7, 11) is 0. The zero-order valence-electron chi connectivity index (χ0n) is 8.60. The Kier molecular flexibility index (Phi) is 3.00. The lowest BCUT2D eigenvalue weighted by Gasteiger charge is -2.04. The van der Waals surface area contributed by atoms with Crippen molar-refractivity contribution in [1.82, 2.24) is 15.0 Å². The van der Waals surface area contributed by atoms with Gasteiger partial charge < -0.3 is 15.4 Å². The normalized spacial score (nSPS) is 10.5. The van der Waals surface area contributed by atoms with Crippen LogP contribution in [0.2, 0.25) is 0 Å². The molecule has 0 fully saturated rings. The summed E-state index contributed by atoms with van der Waals surface area (Å²) in [5, 5.41) is 12.5. The third-order valence-corrected chi connectivity index (χ3v) is 2.21. The molecule has 0 aromatic carbocycles. The fraction of sp³-hybridized carbons (Fsp3) is 0.300. The number of fused-ring (bicyclic) bond motifs is 1. The zero-order valence-corrected chi connectivity index (χ0v) is 8.60. The first kappa shape index (κ1) is 10.4. The Morgan fingerprint density at radius 1 is 1.50 bits per heavy atom. The summed E-state index contributed by atoms with van der Waals surface area (Å²) >= 11 is 0. The lowest BCUT2D eigenvalue weighted by molar-refractivity contribution is -0.137. The first-order valence-electron chi connectivity index (χ1n) is 5.01. The van der Waals surface area contributed by atoms with Crippen LogP contribution in [0.25, 0.3) is 11.0 Å². The van der Waals surface area contributed by atoms with Crippen molar-refractivity contribution in [2.45, 2.75) is 12.8 Å². The Labute approximate surface area is 91.7 Å². The smallest absolute Gasteiger partial charge is 0.303 e. The van der Waals surface area contributed by atoms with Crippen molar-refractivity contribution < 1.29 is 9.90 Å². The van der Waals surface area contributed by atoms with Crippen LogP contribution in [0, 0.1) is 0 Å². The van der Waals surface area contributed by atoms with Gasteiger partial charge in [-0.1, -0.05) is 0 Å². The molecule has 0 bridgehead atoms. The monoisotopic (exact) mass is 220 g/mol. The molecule has 84 valence electrons. The number of aliphatic carboxylic acids is 1. The highest BCUT2D eigenvalue weighted by atomic mass is 16.4. The topological polar surface area (TPSA) is 90.9 Å². The molecule has 0 atom stereocenters. The number of carboxylic acid groups (broad SMARTS) is 1. The van der Waals surface area contributed by atoms with Crippen LogP contribution in [0.4, 0.5) is 5.82 Å². The van der Waals surface area contributed by atoms with E-state index < -0.39 is 5.97 Å². The number of nitrogens with one attached hydrogen (secondary N) is 2. The molecule has 0 radical (unpaired) electrons. The van der Waals surface area contributed by atoms with Gasteiger partial charge in [0.2, 0.25) is 0 Å². The van der Waals surface area contributed by atoms with Crippen molar-refractivity contribution in [3.8, 4) is 0 Å². The predicted molar refractivity (Wildman–Crippen MR) is 59.2 cm³/mol. The molecule has 0 spiro atoms. The number of carbonyl (C=O) groups is 1. The highest BCUT2D eigenvalue weighted by Gasteiger charge is 2.03. The van der Waals surface area contributed by atoms with Gasteiger partial charge in [-0.25, -0.2) is 9.97 Å². The van der Waals surface area contributed by atoms with E-state index in [1.54, 1.807) is 6.20 Å². The third-order valence-electron chi connectivity index (χ3n) is 2.21. The van der Waals surface area contributed by atoms with Crippen LogP contribution in [0.5, 0.6) is 0 Å². The summed E-state index contributed by atoms with van der Waals surface area (Å²) in [6.07, 6.45) is 4.00. The molecular weight excluding hydrogens is 208 g/mol. The maximum Gasteiger partial charge on any atom is 0.303 e. The molecule has 3 N–H and O–H groups in total. The number of aromatic amines is 1. The van der Waals surface area contributed by atoms with Crippen LogP contribution in [-0.4, -0.2) is 32.6 Å². The van der Waals surface area contributed by atoms with Crippen molar-refractivity contribution in [1.29, 1.82) is 0 Å². The van der Waals surface area contributed by atoms with Gasteiger partial charge in [-0.15, -0.1) is 0 Å². The van der Waals surface area contributed by atoms with Crippen molar-refractivity contribution in [2.75, 3.05) is 11.9 Å². The molecule has 2 aromatic heterocycles. The minimum atomic E-state index is -0.781. The second kappa shape index (κ2) is 4.61. The molecule has 0 aliphatic carbocycles. The molecule has 0 aliphatic rings. The van der Waals surface area contributed by atoms with E-state index >= 15 is 0 Å². The number of rotatable bonds is 5. The molecule has 2 rings (SSSR count). The van der Waals surface area contributed by atoms with Gasteiger partial charge in [0.05, 0.1) is 5.39 Å². The molecule has 0 saturated carbocycles. The Bertz CT molecular complexity index is 494. The number of hydrogen-bond acceptors (Lipinski definition) is 4. The fourth-order valence-corrected chi connectivity index (χ4v) is 1.46. The first-order valence-corrected chi connectivity index (χ1v) is 5.01. The zero-order chi connectivity index (χ0) is 11.4.